The van der Waals surface area contributed by atoms with Gasteiger partial charge in [-0.3, -0.25) is 0 Å². The summed E-state index contributed by atoms with van der Waals surface area (Å²) >= 11 is 0. The van der Waals surface area contributed by atoms with Crippen LogP contribution in [0.1, 0.15) is 39.0 Å². The van der Waals surface area contributed by atoms with E-state index in [1.165, 1.54) is 32.5 Å². The highest BCUT2D eigenvalue weighted by atomic mass is 16.3. The molecule has 1 fully saturated rings. The number of hydrogen-bond donors (Lipinski definition) is 2. The van der Waals surface area contributed by atoms with Crippen LogP contribution in [0.5, 0.6) is 0 Å². The van der Waals surface area contributed by atoms with Gasteiger partial charge in [-0.25, -0.2) is 0 Å². The molecule has 0 spiro atoms. The highest BCUT2D eigenvalue weighted by Crippen LogP contribution is 2.18. The lowest BCUT2D eigenvalue weighted by Gasteiger charge is -2.32. The standard InChI is InChI=1S/C15H33N3O/c1-4-15(19,13-16)8-5-9-18(3)12-14-6-10-17(2)11-7-14/h14,19H,4-13,16H2,1-3H3. The summed E-state index contributed by atoms with van der Waals surface area (Å²) in [5, 5.41) is 10.1. The van der Waals surface area contributed by atoms with Crippen LogP contribution in [0.3, 0.4) is 0 Å². The molecule has 0 radical (unpaired) electrons. The summed E-state index contributed by atoms with van der Waals surface area (Å²) in [5.41, 5.74) is 4.98. The summed E-state index contributed by atoms with van der Waals surface area (Å²) in [6, 6.07) is 0. The maximum absolute atomic E-state index is 10.1. The predicted molar refractivity (Wildman–Crippen MR) is 81.2 cm³/mol. The summed E-state index contributed by atoms with van der Waals surface area (Å²) in [5.74, 6) is 0.848. The topological polar surface area (TPSA) is 52.7 Å². The fraction of sp³-hybridized carbons (Fsp3) is 1.00. The molecule has 4 heteroatoms. The Morgan fingerprint density at radius 2 is 2.00 bits per heavy atom. The highest BCUT2D eigenvalue weighted by molar-refractivity contribution is 4.78. The molecule has 1 aliphatic rings. The SMILES string of the molecule is CCC(O)(CN)CCCN(C)CC1CCN(C)CC1. The van der Waals surface area contributed by atoms with E-state index in [-0.39, 0.29) is 0 Å². The number of nitrogens with two attached hydrogens (primary N) is 1. The van der Waals surface area contributed by atoms with Gasteiger partial charge in [-0.2, -0.15) is 0 Å². The first-order chi connectivity index (χ1) is 8.99. The minimum atomic E-state index is -0.644. The molecule has 0 bridgehead atoms. The Bertz CT molecular complexity index is 236. The molecule has 0 aromatic rings. The van der Waals surface area contributed by atoms with Crippen molar-refractivity contribution in [1.82, 2.24) is 9.80 Å². The summed E-state index contributed by atoms with van der Waals surface area (Å²) < 4.78 is 0. The van der Waals surface area contributed by atoms with Crippen LogP contribution in [0.4, 0.5) is 0 Å². The van der Waals surface area contributed by atoms with Crippen molar-refractivity contribution in [1.29, 1.82) is 0 Å². The van der Waals surface area contributed by atoms with Gasteiger partial charge in [0.25, 0.3) is 0 Å². The van der Waals surface area contributed by atoms with E-state index in [4.69, 9.17) is 5.73 Å². The first-order valence-electron chi connectivity index (χ1n) is 7.78. The molecule has 1 heterocycles. The van der Waals surface area contributed by atoms with E-state index in [2.05, 4.69) is 23.9 Å². The average Bonchev–Trinajstić information content (AvgIpc) is 2.41. The lowest BCUT2D eigenvalue weighted by atomic mass is 9.94. The Balaban J connectivity index is 2.15. The Morgan fingerprint density at radius 3 is 2.53 bits per heavy atom. The Labute approximate surface area is 118 Å². The van der Waals surface area contributed by atoms with Crippen molar-refractivity contribution in [2.45, 2.75) is 44.6 Å². The van der Waals surface area contributed by atoms with Crippen molar-refractivity contribution >= 4 is 0 Å². The normalized spacial score (nSPS) is 21.8. The predicted octanol–water partition coefficient (Wildman–Crippen LogP) is 1.14. The number of likely N-dealkylation sites (tertiary alicyclic amines) is 1. The van der Waals surface area contributed by atoms with E-state index in [0.29, 0.717) is 6.54 Å². The van der Waals surface area contributed by atoms with Crippen LogP contribution >= 0.6 is 0 Å². The second-order valence-electron chi connectivity index (χ2n) is 6.39. The number of hydrogen-bond acceptors (Lipinski definition) is 4. The molecule has 3 N–H and O–H groups in total. The van der Waals surface area contributed by atoms with Crippen LogP contribution in [-0.4, -0.2) is 67.3 Å². The van der Waals surface area contributed by atoms with Gasteiger partial charge in [-0.05, 0) is 71.8 Å². The first kappa shape index (κ1) is 16.9. The van der Waals surface area contributed by atoms with Gasteiger partial charge < -0.3 is 20.6 Å². The monoisotopic (exact) mass is 271 g/mol. The zero-order chi connectivity index (χ0) is 14.3. The second kappa shape index (κ2) is 8.20. The van der Waals surface area contributed by atoms with Gasteiger partial charge in [0.1, 0.15) is 0 Å². The van der Waals surface area contributed by atoms with E-state index in [0.717, 1.165) is 31.7 Å². The molecule has 0 aromatic carbocycles. The number of aliphatic hydroxyl groups is 1. The fourth-order valence-corrected chi connectivity index (χ4v) is 2.88. The molecule has 19 heavy (non-hydrogen) atoms. The van der Waals surface area contributed by atoms with Crippen molar-refractivity contribution in [2.24, 2.45) is 11.7 Å². The lowest BCUT2D eigenvalue weighted by Crippen LogP contribution is -2.39. The van der Waals surface area contributed by atoms with Gasteiger partial charge in [-0.15, -0.1) is 0 Å². The minimum absolute atomic E-state index is 0.377. The summed E-state index contributed by atoms with van der Waals surface area (Å²) in [4.78, 5) is 4.84. The van der Waals surface area contributed by atoms with E-state index >= 15 is 0 Å². The van der Waals surface area contributed by atoms with Crippen molar-refractivity contribution in [3.8, 4) is 0 Å². The molecular formula is C15H33N3O. The van der Waals surface area contributed by atoms with Gasteiger partial charge in [0, 0.05) is 13.1 Å². The molecule has 1 saturated heterocycles. The second-order valence-corrected chi connectivity index (χ2v) is 6.39. The van der Waals surface area contributed by atoms with E-state index < -0.39 is 5.60 Å². The molecule has 114 valence electrons. The molecule has 1 rings (SSSR count). The molecule has 1 atom stereocenters. The van der Waals surface area contributed by atoms with Gasteiger partial charge in [-0.1, -0.05) is 6.92 Å². The maximum atomic E-state index is 10.1. The smallest absolute Gasteiger partial charge is 0.0767 e. The molecule has 0 saturated carbocycles. The summed E-state index contributed by atoms with van der Waals surface area (Å²) in [6.45, 7) is 7.12. The third kappa shape index (κ3) is 6.21. The first-order valence-corrected chi connectivity index (χ1v) is 7.78. The van der Waals surface area contributed by atoms with Gasteiger partial charge in [0.15, 0.2) is 0 Å². The van der Waals surface area contributed by atoms with Crippen molar-refractivity contribution in [2.75, 3.05) is 46.8 Å². The number of piperidine rings is 1. The van der Waals surface area contributed by atoms with Crippen LogP contribution in [-0.2, 0) is 0 Å². The molecule has 0 aliphatic carbocycles. The lowest BCUT2D eigenvalue weighted by molar-refractivity contribution is 0.0317. The van der Waals surface area contributed by atoms with E-state index in [1.807, 2.05) is 6.92 Å². The quantitative estimate of drug-likeness (QED) is 0.695. The maximum Gasteiger partial charge on any atom is 0.0767 e. The van der Waals surface area contributed by atoms with Crippen LogP contribution in [0, 0.1) is 5.92 Å². The van der Waals surface area contributed by atoms with Crippen LogP contribution < -0.4 is 5.73 Å². The molecule has 1 aliphatic heterocycles. The highest BCUT2D eigenvalue weighted by Gasteiger charge is 2.22. The van der Waals surface area contributed by atoms with Crippen molar-refractivity contribution in [3.05, 3.63) is 0 Å². The number of nitrogens with zero attached hydrogens (tertiary/aromatic N) is 2. The summed E-state index contributed by atoms with van der Waals surface area (Å²) in [6.07, 6.45) is 5.25. The largest absolute Gasteiger partial charge is 0.389 e. The molecule has 0 amide bonds. The average molecular weight is 271 g/mol. The van der Waals surface area contributed by atoms with E-state index in [1.54, 1.807) is 0 Å². The third-order valence-electron chi connectivity index (χ3n) is 4.63. The van der Waals surface area contributed by atoms with Crippen LogP contribution in [0.2, 0.25) is 0 Å². The molecule has 1 unspecified atom stereocenters. The van der Waals surface area contributed by atoms with Gasteiger partial charge >= 0.3 is 0 Å². The molecule has 4 nitrogen and oxygen atoms in total. The molecular weight excluding hydrogens is 238 g/mol. The Kier molecular flexibility index (Phi) is 7.29. The van der Waals surface area contributed by atoms with Crippen molar-refractivity contribution in [3.63, 3.8) is 0 Å². The van der Waals surface area contributed by atoms with Crippen LogP contribution in [0.25, 0.3) is 0 Å². The van der Waals surface area contributed by atoms with E-state index in [9.17, 15) is 5.11 Å². The molecule has 0 aromatic heterocycles. The van der Waals surface area contributed by atoms with Crippen LogP contribution in [0.15, 0.2) is 0 Å². The van der Waals surface area contributed by atoms with Gasteiger partial charge in [0.05, 0.1) is 5.60 Å². The zero-order valence-electron chi connectivity index (χ0n) is 13.1. The Morgan fingerprint density at radius 1 is 1.37 bits per heavy atom. The van der Waals surface area contributed by atoms with Crippen molar-refractivity contribution < 1.29 is 5.11 Å². The summed E-state index contributed by atoms with van der Waals surface area (Å²) in [7, 11) is 4.41. The third-order valence-corrected chi connectivity index (χ3v) is 4.63. The Hall–Kier alpha value is -0.160. The minimum Gasteiger partial charge on any atom is -0.389 e. The fourth-order valence-electron chi connectivity index (χ4n) is 2.88. The zero-order valence-corrected chi connectivity index (χ0v) is 13.1. The van der Waals surface area contributed by atoms with Gasteiger partial charge in [0.2, 0.25) is 0 Å². The number of rotatable bonds is 8.